The third-order valence-corrected chi connectivity index (χ3v) is 11.1. The lowest BCUT2D eigenvalue weighted by atomic mass is 10.1. The zero-order valence-electron chi connectivity index (χ0n) is 24.1. The van der Waals surface area contributed by atoms with Gasteiger partial charge >= 0.3 is 13.6 Å². The van der Waals surface area contributed by atoms with E-state index in [2.05, 4.69) is 54.4 Å². The summed E-state index contributed by atoms with van der Waals surface area (Å²) in [5.74, 6) is 0.202. The average molecular weight is 749 g/mol. The fraction of sp³-hybridized carbons (Fsp3) is 0.500. The monoisotopic (exact) mass is 748 g/mol. The molecule has 3 unspecified atom stereocenters. The Balaban J connectivity index is 1.21. The lowest BCUT2D eigenvalue weighted by Crippen LogP contribution is -2.36. The fourth-order valence-electron chi connectivity index (χ4n) is 5.69. The Morgan fingerprint density at radius 2 is 1.12 bits per heavy atom. The summed E-state index contributed by atoms with van der Waals surface area (Å²) in [4.78, 5) is 25.2. The first-order valence-electron chi connectivity index (χ1n) is 14.2. The number of aromatic nitrogens is 8. The number of halogens is 2. The smallest absolute Gasteiger partial charge is 0.386 e. The third kappa shape index (κ3) is 5.91. The van der Waals surface area contributed by atoms with Crippen LogP contribution in [0.25, 0.3) is 22.3 Å². The quantitative estimate of drug-likeness (QED) is 0.151. The van der Waals surface area contributed by atoms with Gasteiger partial charge in [0.05, 0.1) is 25.9 Å². The molecule has 0 radical (unpaired) electrons. The maximum atomic E-state index is 16.2. The van der Waals surface area contributed by atoms with E-state index in [0.717, 1.165) is 0 Å². The molecule has 256 valence electrons. The molecule has 4 aromatic heterocycles. The summed E-state index contributed by atoms with van der Waals surface area (Å²) in [6.45, 7) is -9.99. The van der Waals surface area contributed by atoms with Crippen molar-refractivity contribution in [2.45, 2.75) is 49.2 Å². The molecule has 24 heteroatoms. The van der Waals surface area contributed by atoms with Crippen LogP contribution in [-0.4, -0.2) is 102 Å². The topological polar surface area (TPSA) is 195 Å². The first kappa shape index (κ1) is 32.4. The van der Waals surface area contributed by atoms with Gasteiger partial charge in [-0.3, -0.25) is 27.2 Å². The van der Waals surface area contributed by atoms with E-state index in [9.17, 15) is 9.13 Å². The van der Waals surface area contributed by atoms with Gasteiger partial charge in [0.15, 0.2) is 47.1 Å². The Hall–Kier alpha value is -2.78. The summed E-state index contributed by atoms with van der Waals surface area (Å²) in [5, 5.41) is 0. The van der Waals surface area contributed by atoms with Crippen molar-refractivity contribution >= 4 is 60.4 Å². The lowest BCUT2D eigenvalue weighted by molar-refractivity contribution is -0.0544. The van der Waals surface area contributed by atoms with Crippen LogP contribution in [0, 0.1) is 0 Å². The molecule has 9 rings (SSSR count). The Morgan fingerprint density at radius 3 is 1.56 bits per heavy atom. The van der Waals surface area contributed by atoms with Gasteiger partial charge in [0.25, 0.3) is 0 Å². The van der Waals surface area contributed by atoms with Gasteiger partial charge in [-0.15, -0.1) is 0 Å². The SMILES string of the molecule is O=[P@@]1(S)OCC2OC3[C@H](F)[C@@H]2O[P@](=O)(S)OCC2O[C@H]([C@H](F)[C@@H]2O1)n1cnc2c(ncnc21)OC/C=C/COc1ncnc2c1ncn23. The largest absolute Gasteiger partial charge is 0.472 e. The minimum absolute atomic E-state index is 0.0550. The summed E-state index contributed by atoms with van der Waals surface area (Å²) >= 11 is 8.07. The zero-order chi connectivity index (χ0) is 33.2. The van der Waals surface area contributed by atoms with Crippen LogP contribution in [0.15, 0.2) is 37.5 Å². The van der Waals surface area contributed by atoms with Crippen LogP contribution in [-0.2, 0) is 36.7 Å². The average Bonchev–Trinajstić information content (AvgIpc) is 3.81. The van der Waals surface area contributed by atoms with Crippen LogP contribution in [0.2, 0.25) is 0 Å². The van der Waals surface area contributed by atoms with Crippen LogP contribution >= 0.6 is 38.1 Å². The normalized spacial score (nSPS) is 38.0. The van der Waals surface area contributed by atoms with Crippen molar-refractivity contribution in [1.82, 2.24) is 39.0 Å². The Labute approximate surface area is 278 Å². The highest BCUT2D eigenvalue weighted by Gasteiger charge is 2.54. The molecule has 0 aliphatic carbocycles. The molecule has 0 amide bonds. The van der Waals surface area contributed by atoms with Crippen molar-refractivity contribution in [2.75, 3.05) is 26.4 Å². The van der Waals surface area contributed by atoms with E-state index in [-0.39, 0.29) is 47.3 Å². The van der Waals surface area contributed by atoms with Crippen LogP contribution in [0.5, 0.6) is 11.8 Å². The minimum Gasteiger partial charge on any atom is -0.472 e. The van der Waals surface area contributed by atoms with Crippen LogP contribution in [0.3, 0.4) is 0 Å². The number of ether oxygens (including phenoxy) is 4. The molecule has 14 bridgehead atoms. The fourth-order valence-corrected chi connectivity index (χ4v) is 8.66. The molecule has 4 aromatic rings. The number of thiol groups is 2. The number of hydrogen-bond donors (Lipinski definition) is 2. The molecule has 0 saturated carbocycles. The van der Waals surface area contributed by atoms with Crippen molar-refractivity contribution in [1.29, 1.82) is 0 Å². The van der Waals surface area contributed by atoms with Gasteiger partial charge in [-0.1, -0.05) is 24.5 Å². The summed E-state index contributed by atoms with van der Waals surface area (Å²) in [5.41, 5.74) is 0.664. The highest BCUT2D eigenvalue weighted by atomic mass is 32.7. The van der Waals surface area contributed by atoms with Gasteiger partial charge in [-0.25, -0.2) is 37.8 Å². The maximum Gasteiger partial charge on any atom is 0.386 e. The molecular weight excluding hydrogens is 724 g/mol. The zero-order valence-corrected chi connectivity index (χ0v) is 27.7. The van der Waals surface area contributed by atoms with E-state index in [1.54, 1.807) is 12.2 Å². The molecule has 5 aliphatic heterocycles. The minimum atomic E-state index is -4.40. The number of nitrogens with zero attached hydrogens (tertiary/aromatic N) is 8. The van der Waals surface area contributed by atoms with Gasteiger partial charge in [-0.05, 0) is 12.2 Å². The summed E-state index contributed by atoms with van der Waals surface area (Å²) in [6, 6.07) is 0. The van der Waals surface area contributed by atoms with Gasteiger partial charge in [0.1, 0.15) is 50.3 Å². The van der Waals surface area contributed by atoms with Gasteiger partial charge in [-0.2, -0.15) is 9.97 Å². The van der Waals surface area contributed by atoms with Crippen molar-refractivity contribution < 1.29 is 55.0 Å². The van der Waals surface area contributed by atoms with E-state index >= 15 is 8.78 Å². The molecule has 18 nitrogen and oxygen atoms in total. The van der Waals surface area contributed by atoms with Gasteiger partial charge in [0.2, 0.25) is 11.8 Å². The van der Waals surface area contributed by atoms with Gasteiger partial charge in [0, 0.05) is 0 Å². The van der Waals surface area contributed by atoms with Crippen LogP contribution in [0.4, 0.5) is 8.78 Å². The lowest BCUT2D eigenvalue weighted by Gasteiger charge is -2.28. The first-order valence-corrected chi connectivity index (χ1v) is 19.6. The van der Waals surface area contributed by atoms with E-state index < -0.39 is 76.0 Å². The molecule has 3 saturated heterocycles. The molecule has 0 N–H and O–H groups in total. The molecule has 3 fully saturated rings. The van der Waals surface area contributed by atoms with E-state index in [0.29, 0.717) is 0 Å². The summed E-state index contributed by atoms with van der Waals surface area (Å²) in [7, 11) is 0. The van der Waals surface area contributed by atoms with Crippen molar-refractivity contribution in [3.8, 4) is 11.8 Å². The molecule has 10 atom stereocenters. The summed E-state index contributed by atoms with van der Waals surface area (Å²) in [6.07, 6.45) is -4.72. The van der Waals surface area contributed by atoms with Gasteiger partial charge < -0.3 is 18.9 Å². The van der Waals surface area contributed by atoms with Crippen LogP contribution in [0.1, 0.15) is 12.5 Å². The second-order valence-electron chi connectivity index (χ2n) is 10.8. The van der Waals surface area contributed by atoms with E-state index in [4.69, 9.17) is 37.0 Å². The predicted molar refractivity (Wildman–Crippen MR) is 163 cm³/mol. The first-order chi connectivity index (χ1) is 23.1. The standard InChI is InChI=1S/C24H24F2N8O10P2S2/c25-13-17-11-5-39-46(36,48)44-18-12(6-40-45(35,47)43-17)42-24(14(18)26)34-10-32-16-20(34)28-8-30-22(16)38-4-2-1-3-37-21-15-19(27-7-29-21)33(9-31-15)23(13)41-11/h1-2,7-14,17-18,23-24H,3-6H2,(H,35,47)(H,36,48)/b2-1+/t11?,12?,13-,14-,17-,18-,23-,24?,45-,46-/m1/s1. The second kappa shape index (κ2) is 12.5. The maximum absolute atomic E-state index is 16.2. The predicted octanol–water partition coefficient (Wildman–Crippen LogP) is 3.36. The van der Waals surface area contributed by atoms with Crippen molar-refractivity contribution in [2.24, 2.45) is 0 Å². The number of hydrogen-bond acceptors (Lipinski definition) is 16. The van der Waals surface area contributed by atoms with E-state index in [1.807, 2.05) is 0 Å². The number of alkyl halides is 2. The highest BCUT2D eigenvalue weighted by molar-refractivity contribution is 8.44. The molecule has 9 heterocycles. The third-order valence-electron chi connectivity index (χ3n) is 7.85. The molecule has 5 aliphatic rings. The Morgan fingerprint density at radius 1 is 0.688 bits per heavy atom. The van der Waals surface area contributed by atoms with Crippen molar-refractivity contribution in [3.63, 3.8) is 0 Å². The number of rotatable bonds is 0. The molecule has 48 heavy (non-hydrogen) atoms. The molecular formula is C24H24F2N8O10P2S2. The summed E-state index contributed by atoms with van der Waals surface area (Å²) < 4.78 is 107. The molecule has 0 aromatic carbocycles. The van der Waals surface area contributed by atoms with Crippen molar-refractivity contribution in [3.05, 3.63) is 37.5 Å². The molecule has 0 spiro atoms. The van der Waals surface area contributed by atoms with Crippen LogP contribution < -0.4 is 9.47 Å². The Bertz CT molecular complexity index is 1860. The Kier molecular flexibility index (Phi) is 8.46. The van der Waals surface area contributed by atoms with E-state index in [1.165, 1.54) is 34.4 Å². The number of imidazole rings is 2. The number of fused-ring (bicyclic) bond motifs is 10. The highest BCUT2D eigenvalue weighted by Crippen LogP contribution is 2.60. The second-order valence-corrected chi connectivity index (χ2v) is 16.5.